The van der Waals surface area contributed by atoms with Crippen molar-refractivity contribution in [2.75, 3.05) is 13.1 Å². The number of hydrogen-bond donors (Lipinski definition) is 4. The molecule has 0 spiro atoms. The van der Waals surface area contributed by atoms with Crippen molar-refractivity contribution in [2.45, 2.75) is 38.8 Å². The Balaban J connectivity index is 1.14. The number of H-pyrrole nitrogens is 2. The number of imidazole rings is 2. The molecule has 2 saturated heterocycles. The van der Waals surface area contributed by atoms with Gasteiger partial charge in [-0.05, 0) is 73.6 Å². The molecule has 2 aliphatic rings. The van der Waals surface area contributed by atoms with E-state index in [2.05, 4.69) is 70.3 Å². The smallest absolute Gasteiger partial charge is 0.143 e. The van der Waals surface area contributed by atoms with Crippen LogP contribution in [0.4, 0.5) is 0 Å². The standard InChI is InChI=1S/C24H24N6S2/c1-13-7-17(25-11-13)21-27-19-9-15(31-23(19)29-21)5-3-4-6-16-10-20-24(32-16)30-22(28-20)18-8-14(2)12-26-18/h9-10,13-14,17-18,25-26H,7-8,11-12H2,1-2H3,(H,27,29)(H,28,30)/t13-,14-,17-,18-/m0/s1. The van der Waals surface area contributed by atoms with Crippen LogP contribution >= 0.6 is 22.7 Å². The van der Waals surface area contributed by atoms with Crippen LogP contribution in [-0.4, -0.2) is 33.0 Å². The molecule has 0 radical (unpaired) electrons. The zero-order valence-corrected chi connectivity index (χ0v) is 19.6. The molecular weight excluding hydrogens is 436 g/mol. The van der Waals surface area contributed by atoms with Gasteiger partial charge in [-0.25, -0.2) is 9.97 Å². The quantitative estimate of drug-likeness (QED) is 0.336. The van der Waals surface area contributed by atoms with Crippen molar-refractivity contribution in [2.24, 2.45) is 11.8 Å². The van der Waals surface area contributed by atoms with Crippen LogP contribution in [0.2, 0.25) is 0 Å². The van der Waals surface area contributed by atoms with Crippen molar-refractivity contribution in [1.29, 1.82) is 0 Å². The number of rotatable bonds is 2. The van der Waals surface area contributed by atoms with Crippen LogP contribution in [0.1, 0.15) is 60.2 Å². The van der Waals surface area contributed by atoms with Crippen molar-refractivity contribution < 1.29 is 0 Å². The van der Waals surface area contributed by atoms with Gasteiger partial charge in [0.25, 0.3) is 0 Å². The largest absolute Gasteiger partial charge is 0.340 e. The van der Waals surface area contributed by atoms with Gasteiger partial charge in [-0.2, -0.15) is 0 Å². The van der Waals surface area contributed by atoms with Gasteiger partial charge in [0.1, 0.15) is 21.3 Å². The predicted molar refractivity (Wildman–Crippen MR) is 131 cm³/mol. The van der Waals surface area contributed by atoms with Gasteiger partial charge in [0.05, 0.1) is 32.9 Å². The summed E-state index contributed by atoms with van der Waals surface area (Å²) in [5, 5.41) is 7.06. The summed E-state index contributed by atoms with van der Waals surface area (Å²) < 4.78 is 0. The van der Waals surface area contributed by atoms with E-state index in [-0.39, 0.29) is 0 Å². The summed E-state index contributed by atoms with van der Waals surface area (Å²) in [6, 6.07) is 4.82. The van der Waals surface area contributed by atoms with Gasteiger partial charge in [0.15, 0.2) is 0 Å². The second kappa shape index (κ2) is 8.06. The van der Waals surface area contributed by atoms with Gasteiger partial charge in [0, 0.05) is 0 Å². The Morgan fingerprint density at radius 2 is 1.25 bits per heavy atom. The van der Waals surface area contributed by atoms with Crippen molar-refractivity contribution >= 4 is 43.4 Å². The zero-order chi connectivity index (χ0) is 21.7. The van der Waals surface area contributed by atoms with Gasteiger partial charge < -0.3 is 20.6 Å². The van der Waals surface area contributed by atoms with Gasteiger partial charge in [-0.15, -0.1) is 22.7 Å². The monoisotopic (exact) mass is 460 g/mol. The third-order valence-electron chi connectivity index (χ3n) is 6.19. The summed E-state index contributed by atoms with van der Waals surface area (Å²) in [4.78, 5) is 20.4. The third kappa shape index (κ3) is 3.85. The highest BCUT2D eigenvalue weighted by Crippen LogP contribution is 2.31. The van der Waals surface area contributed by atoms with E-state index in [1.54, 1.807) is 22.7 Å². The van der Waals surface area contributed by atoms with E-state index in [4.69, 9.17) is 9.97 Å². The van der Waals surface area contributed by atoms with Crippen LogP contribution in [-0.2, 0) is 0 Å². The molecule has 0 aromatic carbocycles. The maximum absolute atomic E-state index is 4.77. The summed E-state index contributed by atoms with van der Waals surface area (Å²) in [7, 11) is 0. The SMILES string of the molecule is C[C@@H]1CN[C@H](c2nc3sc(C#CC#Cc4cc5[nH]c([C@@H]6C[C@H](C)CN6)nc5s4)cc3[nH]2)C1. The van der Waals surface area contributed by atoms with Crippen LogP contribution in [0.5, 0.6) is 0 Å². The van der Waals surface area contributed by atoms with Gasteiger partial charge >= 0.3 is 0 Å². The van der Waals surface area contributed by atoms with E-state index >= 15 is 0 Å². The summed E-state index contributed by atoms with van der Waals surface area (Å²) in [6.07, 6.45) is 2.27. The highest BCUT2D eigenvalue weighted by Gasteiger charge is 2.26. The molecule has 0 saturated carbocycles. The maximum Gasteiger partial charge on any atom is 0.143 e. The molecule has 6 rings (SSSR count). The minimum atomic E-state index is 0.338. The molecule has 0 aliphatic carbocycles. The van der Waals surface area contributed by atoms with Crippen molar-refractivity contribution in [3.05, 3.63) is 33.5 Å². The number of thiophene rings is 2. The first-order valence-corrected chi connectivity index (χ1v) is 12.7. The van der Waals surface area contributed by atoms with Crippen molar-refractivity contribution in [3.63, 3.8) is 0 Å². The third-order valence-corrected chi connectivity index (χ3v) is 8.08. The lowest BCUT2D eigenvalue weighted by molar-refractivity contribution is 0.589. The minimum Gasteiger partial charge on any atom is -0.340 e. The summed E-state index contributed by atoms with van der Waals surface area (Å²) >= 11 is 3.23. The molecule has 32 heavy (non-hydrogen) atoms. The van der Waals surface area contributed by atoms with E-state index in [9.17, 15) is 0 Å². The topological polar surface area (TPSA) is 81.4 Å². The molecule has 162 valence electrons. The van der Waals surface area contributed by atoms with Gasteiger partial charge in [-0.3, -0.25) is 0 Å². The Morgan fingerprint density at radius 1 is 0.781 bits per heavy atom. The van der Waals surface area contributed by atoms with Crippen LogP contribution < -0.4 is 10.6 Å². The molecule has 0 unspecified atom stereocenters. The number of nitrogens with zero attached hydrogens (tertiary/aromatic N) is 2. The molecule has 2 aliphatic heterocycles. The Hall–Kier alpha value is -2.62. The number of aromatic amines is 2. The highest BCUT2D eigenvalue weighted by molar-refractivity contribution is 7.19. The van der Waals surface area contributed by atoms with Crippen LogP contribution in [0, 0.1) is 35.5 Å². The predicted octanol–water partition coefficient (Wildman–Crippen LogP) is 4.31. The van der Waals surface area contributed by atoms with Gasteiger partial charge in [0.2, 0.25) is 0 Å². The zero-order valence-electron chi connectivity index (χ0n) is 18.0. The molecular formula is C24H24N6S2. The molecule has 6 nitrogen and oxygen atoms in total. The molecule has 4 N–H and O–H groups in total. The second-order valence-electron chi connectivity index (χ2n) is 9.01. The Labute approximate surface area is 194 Å². The first-order valence-electron chi connectivity index (χ1n) is 11.1. The number of aromatic nitrogens is 4. The lowest BCUT2D eigenvalue weighted by atomic mass is 10.1. The first-order chi connectivity index (χ1) is 15.6. The fourth-order valence-electron chi connectivity index (χ4n) is 4.54. The molecule has 4 atom stereocenters. The Morgan fingerprint density at radius 3 is 1.62 bits per heavy atom. The fourth-order valence-corrected chi connectivity index (χ4v) is 6.24. The molecule has 0 bridgehead atoms. The molecule has 4 aromatic rings. The van der Waals surface area contributed by atoms with Crippen molar-refractivity contribution in [3.8, 4) is 23.7 Å². The number of fused-ring (bicyclic) bond motifs is 2. The van der Waals surface area contributed by atoms with Crippen LogP contribution in [0.15, 0.2) is 12.1 Å². The molecule has 6 heterocycles. The second-order valence-corrected chi connectivity index (χ2v) is 11.1. The van der Waals surface area contributed by atoms with Gasteiger partial charge in [-0.1, -0.05) is 13.8 Å². The van der Waals surface area contributed by atoms with Crippen LogP contribution in [0.25, 0.3) is 20.7 Å². The number of hydrogen-bond acceptors (Lipinski definition) is 6. The minimum absolute atomic E-state index is 0.338. The Kier molecular flexibility index (Phi) is 5.04. The summed E-state index contributed by atoms with van der Waals surface area (Å²) in [6.45, 7) is 6.66. The molecule has 2 fully saturated rings. The normalized spacial score (nSPS) is 25.2. The highest BCUT2D eigenvalue weighted by atomic mass is 32.1. The number of nitrogens with one attached hydrogen (secondary N) is 4. The van der Waals surface area contributed by atoms with E-state index in [1.807, 2.05) is 0 Å². The van der Waals surface area contributed by atoms with Crippen LogP contribution in [0.3, 0.4) is 0 Å². The summed E-state index contributed by atoms with van der Waals surface area (Å²) in [5.74, 6) is 15.8. The maximum atomic E-state index is 4.77. The van der Waals surface area contributed by atoms with E-state index in [0.717, 1.165) is 68.0 Å². The van der Waals surface area contributed by atoms with E-state index in [1.165, 1.54) is 0 Å². The Bertz CT molecular complexity index is 1240. The fraction of sp³-hybridized carbons (Fsp3) is 0.417. The lowest BCUT2D eigenvalue weighted by Gasteiger charge is -2.05. The molecule has 8 heteroatoms. The summed E-state index contributed by atoms with van der Waals surface area (Å²) in [5.41, 5.74) is 2.12. The average molecular weight is 461 g/mol. The average Bonchev–Trinajstić information content (AvgIpc) is 3.54. The van der Waals surface area contributed by atoms with Crippen molar-refractivity contribution in [1.82, 2.24) is 30.6 Å². The first kappa shape index (κ1) is 20.0. The molecule has 4 aromatic heterocycles. The van der Waals surface area contributed by atoms with E-state index in [0.29, 0.717) is 23.9 Å². The van der Waals surface area contributed by atoms with E-state index < -0.39 is 0 Å². The lowest BCUT2D eigenvalue weighted by Crippen LogP contribution is -2.14. The molecule has 0 amide bonds.